The lowest BCUT2D eigenvalue weighted by molar-refractivity contribution is -0.137. The average Bonchev–Trinajstić information content (AvgIpc) is 2.54. The Morgan fingerprint density at radius 2 is 1.62 bits per heavy atom. The molecule has 2 aromatic carbocycles. The zero-order valence-corrected chi connectivity index (χ0v) is 15.1. The molecule has 0 unspecified atom stereocenters. The Balaban J connectivity index is 2.02. The van der Waals surface area contributed by atoms with Gasteiger partial charge in [-0.15, -0.1) is 0 Å². The van der Waals surface area contributed by atoms with Crippen molar-refractivity contribution in [1.29, 1.82) is 0 Å². The number of carbonyl (C=O) groups excluding carboxylic acids is 1. The SMILES string of the molecule is C[C@@H](Oc1ccc(C(C)(C)C)cc1)C(=O)Nc1cccc(C(F)(F)F)c1. The Morgan fingerprint density at radius 1 is 1.00 bits per heavy atom. The van der Waals surface area contributed by atoms with Crippen molar-refractivity contribution in [3.63, 3.8) is 0 Å². The minimum absolute atomic E-state index is 0.00498. The predicted molar refractivity (Wildman–Crippen MR) is 95.3 cm³/mol. The van der Waals surface area contributed by atoms with Gasteiger partial charge in [-0.1, -0.05) is 39.0 Å². The van der Waals surface area contributed by atoms with Crippen molar-refractivity contribution in [2.45, 2.75) is 45.4 Å². The van der Waals surface area contributed by atoms with Gasteiger partial charge in [0.05, 0.1) is 5.56 Å². The van der Waals surface area contributed by atoms with E-state index in [2.05, 4.69) is 26.1 Å². The molecular formula is C20H22F3NO2. The first-order chi connectivity index (χ1) is 12.0. The van der Waals surface area contributed by atoms with E-state index < -0.39 is 23.8 Å². The van der Waals surface area contributed by atoms with Gasteiger partial charge in [-0.05, 0) is 48.2 Å². The second-order valence-electron chi connectivity index (χ2n) is 7.10. The normalized spacial score (nSPS) is 13.2. The molecule has 1 amide bonds. The minimum atomic E-state index is -4.46. The number of halogens is 3. The number of hydrogen-bond donors (Lipinski definition) is 1. The van der Waals surface area contributed by atoms with Gasteiger partial charge < -0.3 is 10.1 Å². The van der Waals surface area contributed by atoms with Crippen molar-refractivity contribution in [3.8, 4) is 5.75 Å². The highest BCUT2D eigenvalue weighted by molar-refractivity contribution is 5.94. The average molecular weight is 365 g/mol. The standard InChI is InChI=1S/C20H22F3NO2/c1-13(26-17-10-8-14(9-11-17)19(2,3)4)18(25)24-16-7-5-6-15(12-16)20(21,22)23/h5-13H,1-4H3,(H,24,25)/t13-/m1/s1. The van der Waals surface area contributed by atoms with Crippen molar-refractivity contribution >= 4 is 11.6 Å². The van der Waals surface area contributed by atoms with Gasteiger partial charge >= 0.3 is 6.18 Å². The highest BCUT2D eigenvalue weighted by atomic mass is 19.4. The van der Waals surface area contributed by atoms with E-state index in [-0.39, 0.29) is 11.1 Å². The molecule has 0 spiro atoms. The molecule has 2 rings (SSSR count). The van der Waals surface area contributed by atoms with Gasteiger partial charge in [0.15, 0.2) is 6.10 Å². The summed E-state index contributed by atoms with van der Waals surface area (Å²) in [4.78, 5) is 12.2. The number of amides is 1. The molecule has 0 aromatic heterocycles. The number of hydrogen-bond acceptors (Lipinski definition) is 2. The summed E-state index contributed by atoms with van der Waals surface area (Å²) in [6, 6.07) is 11.9. The maximum absolute atomic E-state index is 12.7. The second-order valence-corrected chi connectivity index (χ2v) is 7.10. The maximum Gasteiger partial charge on any atom is 0.416 e. The molecule has 6 heteroatoms. The van der Waals surface area contributed by atoms with Crippen LogP contribution in [0, 0.1) is 0 Å². The molecule has 140 valence electrons. The molecule has 0 saturated carbocycles. The van der Waals surface area contributed by atoms with E-state index in [0.29, 0.717) is 5.75 Å². The molecule has 1 atom stereocenters. The maximum atomic E-state index is 12.7. The molecule has 0 aliphatic carbocycles. The summed E-state index contributed by atoms with van der Waals surface area (Å²) >= 11 is 0. The second kappa shape index (κ2) is 7.40. The van der Waals surface area contributed by atoms with E-state index in [9.17, 15) is 18.0 Å². The molecular weight excluding hydrogens is 343 g/mol. The molecule has 1 N–H and O–H groups in total. The predicted octanol–water partition coefficient (Wildman–Crippen LogP) is 5.41. The Morgan fingerprint density at radius 3 is 2.15 bits per heavy atom. The van der Waals surface area contributed by atoms with Crippen molar-refractivity contribution in [3.05, 3.63) is 59.7 Å². The third kappa shape index (κ3) is 5.25. The van der Waals surface area contributed by atoms with Crippen LogP contribution in [0.25, 0.3) is 0 Å². The summed E-state index contributed by atoms with van der Waals surface area (Å²) < 4.78 is 43.8. The third-order valence-corrected chi connectivity index (χ3v) is 3.86. The molecule has 0 radical (unpaired) electrons. The van der Waals surface area contributed by atoms with Crippen LogP contribution in [-0.2, 0) is 16.4 Å². The van der Waals surface area contributed by atoms with Crippen LogP contribution >= 0.6 is 0 Å². The van der Waals surface area contributed by atoms with Crippen LogP contribution in [0.5, 0.6) is 5.75 Å². The molecule has 0 aliphatic heterocycles. The van der Waals surface area contributed by atoms with Crippen molar-refractivity contribution < 1.29 is 22.7 Å². The van der Waals surface area contributed by atoms with Gasteiger partial charge in [0, 0.05) is 5.69 Å². The van der Waals surface area contributed by atoms with Crippen LogP contribution in [0.1, 0.15) is 38.8 Å². The van der Waals surface area contributed by atoms with Crippen LogP contribution in [0.3, 0.4) is 0 Å². The first-order valence-electron chi connectivity index (χ1n) is 8.22. The lowest BCUT2D eigenvalue weighted by Crippen LogP contribution is -2.30. The Hall–Kier alpha value is -2.50. The molecule has 26 heavy (non-hydrogen) atoms. The van der Waals surface area contributed by atoms with Crippen molar-refractivity contribution in [2.24, 2.45) is 0 Å². The van der Waals surface area contributed by atoms with Gasteiger partial charge in [-0.3, -0.25) is 4.79 Å². The number of rotatable bonds is 4. The lowest BCUT2D eigenvalue weighted by Gasteiger charge is -2.20. The fourth-order valence-corrected chi connectivity index (χ4v) is 2.31. The van der Waals surface area contributed by atoms with Crippen LogP contribution in [0.2, 0.25) is 0 Å². The first-order valence-corrected chi connectivity index (χ1v) is 8.22. The zero-order valence-electron chi connectivity index (χ0n) is 15.1. The van der Waals surface area contributed by atoms with E-state index >= 15 is 0 Å². The van der Waals surface area contributed by atoms with Gasteiger partial charge in [-0.2, -0.15) is 13.2 Å². The van der Waals surface area contributed by atoms with E-state index in [4.69, 9.17) is 4.74 Å². The zero-order chi connectivity index (χ0) is 19.5. The number of benzene rings is 2. The highest BCUT2D eigenvalue weighted by Crippen LogP contribution is 2.30. The first kappa shape index (κ1) is 19.8. The molecule has 0 saturated heterocycles. The highest BCUT2D eigenvalue weighted by Gasteiger charge is 2.30. The van der Waals surface area contributed by atoms with Crippen LogP contribution in [0.15, 0.2) is 48.5 Å². The number of anilines is 1. The third-order valence-electron chi connectivity index (χ3n) is 3.86. The number of nitrogens with one attached hydrogen (secondary N) is 1. The van der Waals surface area contributed by atoms with Gasteiger partial charge in [-0.25, -0.2) is 0 Å². The minimum Gasteiger partial charge on any atom is -0.481 e. The van der Waals surface area contributed by atoms with Gasteiger partial charge in [0.2, 0.25) is 0 Å². The summed E-state index contributed by atoms with van der Waals surface area (Å²) in [5.74, 6) is -0.00563. The Kier molecular flexibility index (Phi) is 5.64. The van der Waals surface area contributed by atoms with Gasteiger partial charge in [0.1, 0.15) is 5.75 Å². The fourth-order valence-electron chi connectivity index (χ4n) is 2.31. The van der Waals surface area contributed by atoms with E-state index in [1.165, 1.54) is 12.1 Å². The van der Waals surface area contributed by atoms with E-state index in [1.807, 2.05) is 12.1 Å². The number of alkyl halides is 3. The molecule has 0 bridgehead atoms. The smallest absolute Gasteiger partial charge is 0.416 e. The summed E-state index contributed by atoms with van der Waals surface area (Å²) in [6.07, 6.45) is -5.32. The quantitative estimate of drug-likeness (QED) is 0.787. The largest absolute Gasteiger partial charge is 0.481 e. The fraction of sp³-hybridized carbons (Fsp3) is 0.350. The Labute approximate surface area is 151 Å². The number of carbonyl (C=O) groups is 1. The summed E-state index contributed by atoms with van der Waals surface area (Å²) in [5, 5.41) is 2.45. The molecule has 0 aliphatic rings. The monoisotopic (exact) mass is 365 g/mol. The molecule has 0 fully saturated rings. The van der Waals surface area contributed by atoms with Crippen molar-refractivity contribution in [2.75, 3.05) is 5.32 Å². The molecule has 3 nitrogen and oxygen atoms in total. The molecule has 0 heterocycles. The van der Waals surface area contributed by atoms with E-state index in [0.717, 1.165) is 17.7 Å². The number of ether oxygens (including phenoxy) is 1. The Bertz CT molecular complexity index is 762. The molecule has 2 aromatic rings. The van der Waals surface area contributed by atoms with Crippen LogP contribution < -0.4 is 10.1 Å². The summed E-state index contributed by atoms with van der Waals surface area (Å²) in [7, 11) is 0. The van der Waals surface area contributed by atoms with E-state index in [1.54, 1.807) is 19.1 Å². The van der Waals surface area contributed by atoms with Crippen LogP contribution in [-0.4, -0.2) is 12.0 Å². The summed E-state index contributed by atoms with van der Waals surface area (Å²) in [6.45, 7) is 7.82. The summed E-state index contributed by atoms with van der Waals surface area (Å²) in [5.41, 5.74) is 0.390. The lowest BCUT2D eigenvalue weighted by atomic mass is 9.87. The van der Waals surface area contributed by atoms with Gasteiger partial charge in [0.25, 0.3) is 5.91 Å². The van der Waals surface area contributed by atoms with Crippen molar-refractivity contribution in [1.82, 2.24) is 0 Å². The van der Waals surface area contributed by atoms with Crippen LogP contribution in [0.4, 0.5) is 18.9 Å². The topological polar surface area (TPSA) is 38.3 Å².